The van der Waals surface area contributed by atoms with E-state index in [-0.39, 0.29) is 19.1 Å². The zero-order valence-corrected chi connectivity index (χ0v) is 16.0. The largest absolute Gasteiger partial charge is 0.447 e. The summed E-state index contributed by atoms with van der Waals surface area (Å²) in [5.41, 5.74) is 4.56. The van der Waals surface area contributed by atoms with E-state index < -0.39 is 6.09 Å². The number of carbonyl (C=O) groups excluding carboxylic acids is 2. The van der Waals surface area contributed by atoms with Crippen molar-refractivity contribution in [1.82, 2.24) is 19.8 Å². The summed E-state index contributed by atoms with van der Waals surface area (Å²) < 4.78 is 6.92. The van der Waals surface area contributed by atoms with E-state index in [1.807, 2.05) is 42.6 Å². The Morgan fingerprint density at radius 3 is 2.75 bits per heavy atom. The van der Waals surface area contributed by atoms with Crippen LogP contribution in [0.5, 0.6) is 0 Å². The SMILES string of the molecule is CC(=O)N(CCOC(=O)Nc1cn2ccccc2n1)NCc1ccccc1Cl. The molecule has 0 radical (unpaired) electrons. The summed E-state index contributed by atoms with van der Waals surface area (Å²) in [6.45, 7) is 2.02. The maximum Gasteiger partial charge on any atom is 0.412 e. The minimum atomic E-state index is -0.641. The van der Waals surface area contributed by atoms with E-state index >= 15 is 0 Å². The van der Waals surface area contributed by atoms with Crippen LogP contribution >= 0.6 is 11.6 Å². The smallest absolute Gasteiger partial charge is 0.412 e. The fraction of sp³-hybridized carbons (Fsp3) is 0.211. The molecule has 2 aromatic heterocycles. The van der Waals surface area contributed by atoms with Gasteiger partial charge in [0, 0.05) is 24.7 Å². The van der Waals surface area contributed by atoms with Crippen molar-refractivity contribution >= 4 is 35.1 Å². The van der Waals surface area contributed by atoms with Crippen molar-refractivity contribution in [1.29, 1.82) is 0 Å². The molecular formula is C19H20ClN5O3. The highest BCUT2D eigenvalue weighted by molar-refractivity contribution is 6.31. The molecule has 3 aromatic rings. The first-order chi connectivity index (χ1) is 13.5. The number of hydrogen-bond donors (Lipinski definition) is 2. The monoisotopic (exact) mass is 401 g/mol. The number of amides is 2. The molecule has 146 valence electrons. The maximum atomic E-state index is 11.9. The van der Waals surface area contributed by atoms with Crippen LogP contribution in [0.2, 0.25) is 5.02 Å². The molecule has 0 unspecified atom stereocenters. The molecular weight excluding hydrogens is 382 g/mol. The van der Waals surface area contributed by atoms with Gasteiger partial charge in [0.05, 0.1) is 12.7 Å². The molecule has 0 saturated carbocycles. The number of nitrogens with one attached hydrogen (secondary N) is 2. The summed E-state index contributed by atoms with van der Waals surface area (Å²) >= 11 is 6.11. The van der Waals surface area contributed by atoms with Gasteiger partial charge in [0.1, 0.15) is 12.3 Å². The first-order valence-electron chi connectivity index (χ1n) is 8.65. The summed E-state index contributed by atoms with van der Waals surface area (Å²) in [5.74, 6) is 0.188. The molecule has 2 heterocycles. The Morgan fingerprint density at radius 2 is 2.00 bits per heavy atom. The number of nitrogens with zero attached hydrogens (tertiary/aromatic N) is 3. The summed E-state index contributed by atoms with van der Waals surface area (Å²) in [4.78, 5) is 28.0. The second kappa shape index (κ2) is 9.20. The van der Waals surface area contributed by atoms with Crippen molar-refractivity contribution < 1.29 is 14.3 Å². The number of fused-ring (bicyclic) bond motifs is 1. The van der Waals surface area contributed by atoms with Crippen LogP contribution in [-0.2, 0) is 16.1 Å². The number of hydrazine groups is 1. The number of hydrogen-bond acceptors (Lipinski definition) is 5. The third-order valence-corrected chi connectivity index (χ3v) is 4.31. The van der Waals surface area contributed by atoms with Gasteiger partial charge in [-0.25, -0.2) is 15.2 Å². The number of ether oxygens (including phenoxy) is 1. The quantitative estimate of drug-likeness (QED) is 0.594. The molecule has 2 amide bonds. The second-order valence-electron chi connectivity index (χ2n) is 5.95. The molecule has 0 spiro atoms. The molecule has 0 atom stereocenters. The van der Waals surface area contributed by atoms with E-state index in [1.54, 1.807) is 16.7 Å². The number of imidazole rings is 1. The average Bonchev–Trinajstić information content (AvgIpc) is 3.07. The Balaban J connectivity index is 1.46. The number of halogens is 1. The Bertz CT molecular complexity index is 942. The molecule has 0 aliphatic rings. The van der Waals surface area contributed by atoms with Gasteiger partial charge in [0.15, 0.2) is 5.82 Å². The second-order valence-corrected chi connectivity index (χ2v) is 6.36. The predicted molar refractivity (Wildman–Crippen MR) is 106 cm³/mol. The average molecular weight is 402 g/mol. The van der Waals surface area contributed by atoms with Crippen LogP contribution in [0.25, 0.3) is 5.65 Å². The molecule has 1 aromatic carbocycles. The van der Waals surface area contributed by atoms with Gasteiger partial charge in [0.25, 0.3) is 0 Å². The molecule has 9 heteroatoms. The Labute approximate surface area is 167 Å². The normalized spacial score (nSPS) is 10.6. The van der Waals surface area contributed by atoms with Gasteiger partial charge >= 0.3 is 6.09 Å². The van der Waals surface area contributed by atoms with E-state index in [0.717, 1.165) is 5.56 Å². The number of carbonyl (C=O) groups is 2. The van der Waals surface area contributed by atoms with Crippen molar-refractivity contribution in [2.24, 2.45) is 0 Å². The molecule has 0 saturated heterocycles. The lowest BCUT2D eigenvalue weighted by molar-refractivity contribution is -0.132. The summed E-state index contributed by atoms with van der Waals surface area (Å²) in [6.07, 6.45) is 2.87. The maximum absolute atomic E-state index is 11.9. The van der Waals surface area contributed by atoms with Crippen molar-refractivity contribution in [3.63, 3.8) is 0 Å². The van der Waals surface area contributed by atoms with Crippen molar-refractivity contribution in [3.05, 3.63) is 65.4 Å². The zero-order valence-electron chi connectivity index (χ0n) is 15.3. The highest BCUT2D eigenvalue weighted by Gasteiger charge is 2.12. The minimum absolute atomic E-state index is 0.0221. The highest BCUT2D eigenvalue weighted by Crippen LogP contribution is 2.14. The van der Waals surface area contributed by atoms with E-state index in [0.29, 0.717) is 23.0 Å². The third kappa shape index (κ3) is 5.21. The van der Waals surface area contributed by atoms with Gasteiger partial charge in [-0.3, -0.25) is 15.1 Å². The number of benzene rings is 1. The molecule has 2 N–H and O–H groups in total. The van der Waals surface area contributed by atoms with Gasteiger partial charge in [-0.1, -0.05) is 35.9 Å². The lowest BCUT2D eigenvalue weighted by Gasteiger charge is -2.22. The van der Waals surface area contributed by atoms with Crippen LogP contribution in [0.15, 0.2) is 54.9 Å². The first kappa shape index (κ1) is 19.7. The van der Waals surface area contributed by atoms with E-state index in [9.17, 15) is 9.59 Å². The van der Waals surface area contributed by atoms with Crippen molar-refractivity contribution in [3.8, 4) is 0 Å². The number of anilines is 1. The number of rotatable bonds is 7. The molecule has 0 bridgehead atoms. The van der Waals surface area contributed by atoms with Gasteiger partial charge in [-0.05, 0) is 23.8 Å². The van der Waals surface area contributed by atoms with Crippen LogP contribution in [0, 0.1) is 0 Å². The first-order valence-corrected chi connectivity index (χ1v) is 9.03. The Hall–Kier alpha value is -3.10. The fourth-order valence-corrected chi connectivity index (χ4v) is 2.74. The minimum Gasteiger partial charge on any atom is -0.447 e. The molecule has 0 aliphatic heterocycles. The Kier molecular flexibility index (Phi) is 6.46. The van der Waals surface area contributed by atoms with E-state index in [4.69, 9.17) is 16.3 Å². The van der Waals surface area contributed by atoms with E-state index in [2.05, 4.69) is 15.7 Å². The summed E-state index contributed by atoms with van der Waals surface area (Å²) in [6, 6.07) is 12.9. The fourth-order valence-electron chi connectivity index (χ4n) is 2.54. The Morgan fingerprint density at radius 1 is 1.21 bits per heavy atom. The third-order valence-electron chi connectivity index (χ3n) is 3.94. The standard InChI is InChI=1S/C19H20ClN5O3/c1-14(26)25(21-12-15-6-2-3-7-16(15)20)10-11-28-19(27)23-17-13-24-9-5-4-8-18(24)22-17/h2-9,13,21H,10-12H2,1H3,(H,23,27). The lowest BCUT2D eigenvalue weighted by atomic mass is 10.2. The van der Waals surface area contributed by atoms with Crippen LogP contribution < -0.4 is 10.7 Å². The van der Waals surface area contributed by atoms with Crippen molar-refractivity contribution in [2.75, 3.05) is 18.5 Å². The van der Waals surface area contributed by atoms with Crippen LogP contribution in [-0.4, -0.2) is 39.5 Å². The molecule has 28 heavy (non-hydrogen) atoms. The summed E-state index contributed by atoms with van der Waals surface area (Å²) in [5, 5.41) is 4.55. The zero-order chi connectivity index (χ0) is 19.9. The van der Waals surface area contributed by atoms with E-state index in [1.165, 1.54) is 11.9 Å². The topological polar surface area (TPSA) is 88.0 Å². The van der Waals surface area contributed by atoms with Gasteiger partial charge in [-0.2, -0.15) is 0 Å². The molecule has 0 aliphatic carbocycles. The number of pyridine rings is 1. The van der Waals surface area contributed by atoms with Crippen molar-refractivity contribution in [2.45, 2.75) is 13.5 Å². The lowest BCUT2D eigenvalue weighted by Crippen LogP contribution is -2.43. The summed E-state index contributed by atoms with van der Waals surface area (Å²) in [7, 11) is 0. The van der Waals surface area contributed by atoms with Gasteiger partial charge in [0.2, 0.25) is 5.91 Å². The predicted octanol–water partition coefficient (Wildman–Crippen LogP) is 3.09. The van der Waals surface area contributed by atoms with Gasteiger partial charge < -0.3 is 9.14 Å². The molecule has 0 fully saturated rings. The molecule has 8 nitrogen and oxygen atoms in total. The van der Waals surface area contributed by atoms with Gasteiger partial charge in [-0.15, -0.1) is 0 Å². The van der Waals surface area contributed by atoms with Crippen LogP contribution in [0.1, 0.15) is 12.5 Å². The highest BCUT2D eigenvalue weighted by atomic mass is 35.5. The number of aromatic nitrogens is 2. The molecule has 3 rings (SSSR count). The van der Waals surface area contributed by atoms with Crippen LogP contribution in [0.4, 0.5) is 10.6 Å². The van der Waals surface area contributed by atoms with Crippen LogP contribution in [0.3, 0.4) is 0 Å².